The predicted molar refractivity (Wildman–Crippen MR) is 111 cm³/mol. The number of phenols is 2. The molecule has 0 aromatic heterocycles. The lowest BCUT2D eigenvalue weighted by Gasteiger charge is -2.10. The zero-order chi connectivity index (χ0) is 21.2. The van der Waals surface area contributed by atoms with Gasteiger partial charge in [-0.2, -0.15) is 0 Å². The summed E-state index contributed by atoms with van der Waals surface area (Å²) in [6, 6.07) is 9.27. The topological polar surface area (TPSA) is 93.1 Å². The molecule has 6 nitrogen and oxygen atoms in total. The fourth-order valence-corrected chi connectivity index (χ4v) is 3.29. The van der Waals surface area contributed by atoms with Crippen molar-refractivity contribution >= 4 is 23.7 Å². The zero-order valence-electron chi connectivity index (χ0n) is 16.6. The molecule has 2 aromatic rings. The summed E-state index contributed by atoms with van der Waals surface area (Å²) < 4.78 is 10.3. The molecule has 0 fully saturated rings. The number of unbranched alkanes of at least 4 members (excludes halogenated alkanes) is 2. The molecule has 156 valence electrons. The van der Waals surface area contributed by atoms with E-state index in [2.05, 4.69) is 0 Å². The minimum atomic E-state index is -0.579. The lowest BCUT2D eigenvalue weighted by molar-refractivity contribution is 0.0486. The smallest absolute Gasteiger partial charge is 0.341 e. The zero-order valence-corrected chi connectivity index (χ0v) is 17.5. The first-order chi connectivity index (χ1) is 14.0. The monoisotopic (exact) mass is 418 g/mol. The van der Waals surface area contributed by atoms with Crippen molar-refractivity contribution in [2.24, 2.45) is 0 Å². The quantitative estimate of drug-likeness (QED) is 0.406. The van der Waals surface area contributed by atoms with Crippen LogP contribution in [-0.2, 0) is 9.47 Å². The molecule has 0 amide bonds. The second-order valence-corrected chi connectivity index (χ2v) is 7.59. The molecule has 0 bridgehead atoms. The summed E-state index contributed by atoms with van der Waals surface area (Å²) in [5, 5.41) is 20.0. The average Bonchev–Trinajstić information content (AvgIpc) is 2.71. The highest BCUT2D eigenvalue weighted by atomic mass is 32.2. The molecule has 0 spiro atoms. The van der Waals surface area contributed by atoms with Crippen molar-refractivity contribution in [1.82, 2.24) is 0 Å². The van der Waals surface area contributed by atoms with E-state index in [1.165, 1.54) is 23.9 Å². The first kappa shape index (κ1) is 22.6. The molecular formula is C22H26O6S. The Morgan fingerprint density at radius 2 is 1.21 bits per heavy atom. The third-order valence-electron chi connectivity index (χ3n) is 4.07. The van der Waals surface area contributed by atoms with Crippen molar-refractivity contribution in [2.45, 2.75) is 49.3 Å². The molecule has 29 heavy (non-hydrogen) atoms. The molecule has 2 aromatic carbocycles. The maximum Gasteiger partial charge on any atom is 0.341 e. The van der Waals surface area contributed by atoms with Gasteiger partial charge in [0, 0.05) is 9.79 Å². The van der Waals surface area contributed by atoms with Gasteiger partial charge in [-0.25, -0.2) is 9.59 Å². The van der Waals surface area contributed by atoms with Gasteiger partial charge in [-0.1, -0.05) is 38.5 Å². The SMILES string of the molecule is CCCCOC(=O)c1cc(Sc2ccc(O)c(C(=O)OCCCC)c2)ccc1O. The lowest BCUT2D eigenvalue weighted by Crippen LogP contribution is -2.07. The van der Waals surface area contributed by atoms with Crippen LogP contribution >= 0.6 is 11.8 Å². The van der Waals surface area contributed by atoms with Gasteiger partial charge in [0.1, 0.15) is 22.6 Å². The minimum absolute atomic E-state index is 0.0871. The van der Waals surface area contributed by atoms with Crippen LogP contribution in [0.15, 0.2) is 46.2 Å². The summed E-state index contributed by atoms with van der Waals surface area (Å²) in [5.74, 6) is -1.46. The third-order valence-corrected chi connectivity index (χ3v) is 5.05. The summed E-state index contributed by atoms with van der Waals surface area (Å²) >= 11 is 1.29. The Balaban J connectivity index is 2.15. The number of hydrogen-bond donors (Lipinski definition) is 2. The van der Waals surface area contributed by atoms with E-state index in [0.717, 1.165) is 25.7 Å². The maximum atomic E-state index is 12.2. The van der Waals surface area contributed by atoms with E-state index in [1.54, 1.807) is 24.3 Å². The van der Waals surface area contributed by atoms with Crippen molar-refractivity contribution in [2.75, 3.05) is 13.2 Å². The maximum absolute atomic E-state index is 12.2. The first-order valence-corrected chi connectivity index (χ1v) is 10.5. The number of hydrogen-bond acceptors (Lipinski definition) is 7. The highest BCUT2D eigenvalue weighted by molar-refractivity contribution is 7.99. The van der Waals surface area contributed by atoms with E-state index in [4.69, 9.17) is 9.47 Å². The van der Waals surface area contributed by atoms with Crippen LogP contribution in [0.3, 0.4) is 0 Å². The molecule has 0 heterocycles. The summed E-state index contributed by atoms with van der Waals surface area (Å²) in [6.45, 7) is 4.59. The van der Waals surface area contributed by atoms with Gasteiger partial charge < -0.3 is 19.7 Å². The number of carbonyl (C=O) groups is 2. The van der Waals surface area contributed by atoms with Gasteiger partial charge in [-0.05, 0) is 49.2 Å². The van der Waals surface area contributed by atoms with Crippen LogP contribution in [0.2, 0.25) is 0 Å². The number of benzene rings is 2. The second kappa shape index (κ2) is 11.4. The largest absolute Gasteiger partial charge is 0.507 e. The summed E-state index contributed by atoms with van der Waals surface area (Å²) in [6.07, 6.45) is 3.32. The van der Waals surface area contributed by atoms with E-state index in [1.807, 2.05) is 13.8 Å². The Labute approximate surface area is 174 Å². The van der Waals surface area contributed by atoms with Crippen molar-refractivity contribution in [3.05, 3.63) is 47.5 Å². The Hall–Kier alpha value is -2.67. The van der Waals surface area contributed by atoms with Gasteiger partial charge in [-0.3, -0.25) is 0 Å². The van der Waals surface area contributed by atoms with Gasteiger partial charge in [0.25, 0.3) is 0 Å². The molecule has 0 unspecified atom stereocenters. The number of carbonyl (C=O) groups excluding carboxylic acids is 2. The molecule has 7 heteroatoms. The van der Waals surface area contributed by atoms with Crippen LogP contribution in [0.25, 0.3) is 0 Å². The second-order valence-electron chi connectivity index (χ2n) is 6.44. The fourth-order valence-electron chi connectivity index (χ4n) is 2.39. The number of aromatic hydroxyl groups is 2. The van der Waals surface area contributed by atoms with Crippen molar-refractivity contribution in [3.63, 3.8) is 0 Å². The first-order valence-electron chi connectivity index (χ1n) is 9.64. The highest BCUT2D eigenvalue weighted by Crippen LogP contribution is 2.33. The number of ether oxygens (including phenoxy) is 2. The molecule has 0 atom stereocenters. The van der Waals surface area contributed by atoms with E-state index in [9.17, 15) is 19.8 Å². The van der Waals surface area contributed by atoms with E-state index >= 15 is 0 Å². The number of rotatable bonds is 10. The van der Waals surface area contributed by atoms with Crippen LogP contribution < -0.4 is 0 Å². The summed E-state index contributed by atoms with van der Waals surface area (Å²) in [5.41, 5.74) is 0.174. The van der Waals surface area contributed by atoms with Crippen molar-refractivity contribution in [1.29, 1.82) is 0 Å². The van der Waals surface area contributed by atoms with Gasteiger partial charge in [0.2, 0.25) is 0 Å². The number of phenolic OH excluding ortho intramolecular Hbond substituents is 2. The van der Waals surface area contributed by atoms with Gasteiger partial charge in [-0.15, -0.1) is 0 Å². The molecule has 0 aliphatic rings. The average molecular weight is 419 g/mol. The van der Waals surface area contributed by atoms with Gasteiger partial charge >= 0.3 is 11.9 Å². The Kier molecular flexibility index (Phi) is 8.86. The van der Waals surface area contributed by atoms with E-state index in [-0.39, 0.29) is 22.6 Å². The molecule has 0 radical (unpaired) electrons. The molecule has 2 N–H and O–H groups in total. The predicted octanol–water partition coefficient (Wildman–Crippen LogP) is 5.16. The standard InChI is InChI=1S/C22H26O6S/c1-3-5-11-27-21(25)17-13-15(7-9-19(17)23)29-16-8-10-20(24)18(14-16)22(26)28-12-6-4-2/h7-10,13-14,23-24H,3-6,11-12H2,1-2H3. The van der Waals surface area contributed by atoms with Crippen LogP contribution in [0.5, 0.6) is 11.5 Å². The minimum Gasteiger partial charge on any atom is -0.507 e. The van der Waals surface area contributed by atoms with Gasteiger partial charge in [0.05, 0.1) is 13.2 Å². The van der Waals surface area contributed by atoms with Crippen molar-refractivity contribution < 1.29 is 29.3 Å². The van der Waals surface area contributed by atoms with Gasteiger partial charge in [0.15, 0.2) is 0 Å². The van der Waals surface area contributed by atoms with Crippen LogP contribution in [0.1, 0.15) is 60.2 Å². The van der Waals surface area contributed by atoms with E-state index < -0.39 is 11.9 Å². The fraction of sp³-hybridized carbons (Fsp3) is 0.364. The van der Waals surface area contributed by atoms with E-state index in [0.29, 0.717) is 23.0 Å². The van der Waals surface area contributed by atoms with Crippen LogP contribution in [0.4, 0.5) is 0 Å². The number of esters is 2. The summed E-state index contributed by atoms with van der Waals surface area (Å²) in [4.78, 5) is 25.7. The molecule has 0 saturated heterocycles. The normalized spacial score (nSPS) is 10.6. The summed E-state index contributed by atoms with van der Waals surface area (Å²) in [7, 11) is 0. The van der Waals surface area contributed by atoms with Crippen LogP contribution in [-0.4, -0.2) is 35.4 Å². The van der Waals surface area contributed by atoms with Crippen LogP contribution in [0, 0.1) is 0 Å². The Bertz CT molecular complexity index is 780. The molecular weight excluding hydrogens is 392 g/mol. The molecule has 0 aliphatic carbocycles. The molecule has 0 saturated carbocycles. The Morgan fingerprint density at radius 1 is 0.793 bits per heavy atom. The highest BCUT2D eigenvalue weighted by Gasteiger charge is 2.16. The molecule has 0 aliphatic heterocycles. The third kappa shape index (κ3) is 6.71. The molecule has 2 rings (SSSR count). The Morgan fingerprint density at radius 3 is 1.59 bits per heavy atom. The lowest BCUT2D eigenvalue weighted by atomic mass is 10.2. The van der Waals surface area contributed by atoms with Crippen molar-refractivity contribution in [3.8, 4) is 11.5 Å².